The van der Waals surface area contributed by atoms with Crippen LogP contribution in [0, 0.1) is 0 Å². The number of halogens is 1. The van der Waals surface area contributed by atoms with Gasteiger partial charge in [-0.25, -0.2) is 0 Å². The smallest absolute Gasteiger partial charge is 0.0708 e. The molecular formula is C17H15ClN2. The first-order chi connectivity index (χ1) is 9.81. The van der Waals surface area contributed by atoms with Crippen molar-refractivity contribution in [2.75, 3.05) is 0 Å². The third-order valence-corrected chi connectivity index (χ3v) is 3.71. The molecular weight excluding hydrogens is 268 g/mol. The first-order valence-corrected chi connectivity index (χ1v) is 7.08. The lowest BCUT2D eigenvalue weighted by molar-refractivity contribution is 1.06. The SMILES string of the molecule is NCc1cc(CCl)cc(-c2cccc3ncccc23)c1. The van der Waals surface area contributed by atoms with Crippen molar-refractivity contribution < 1.29 is 0 Å². The fourth-order valence-corrected chi connectivity index (χ4v) is 2.62. The maximum absolute atomic E-state index is 5.98. The van der Waals surface area contributed by atoms with Crippen LogP contribution in [-0.4, -0.2) is 4.98 Å². The summed E-state index contributed by atoms with van der Waals surface area (Å²) in [6.07, 6.45) is 1.81. The summed E-state index contributed by atoms with van der Waals surface area (Å²) >= 11 is 5.98. The van der Waals surface area contributed by atoms with Crippen LogP contribution in [0.1, 0.15) is 11.1 Å². The first-order valence-electron chi connectivity index (χ1n) is 6.55. The Bertz CT molecular complexity index is 725. The number of pyridine rings is 1. The molecule has 3 rings (SSSR count). The number of rotatable bonds is 3. The van der Waals surface area contributed by atoms with Crippen molar-refractivity contribution in [2.45, 2.75) is 12.4 Å². The minimum absolute atomic E-state index is 0.490. The molecule has 2 nitrogen and oxygen atoms in total. The number of aromatic nitrogens is 1. The fourth-order valence-electron chi connectivity index (χ4n) is 2.47. The maximum atomic E-state index is 5.98. The Hall–Kier alpha value is -1.90. The normalized spacial score (nSPS) is 10.9. The summed E-state index contributed by atoms with van der Waals surface area (Å²) in [7, 11) is 0. The molecule has 0 spiro atoms. The van der Waals surface area contributed by atoms with E-state index < -0.39 is 0 Å². The lowest BCUT2D eigenvalue weighted by atomic mass is 9.97. The van der Waals surface area contributed by atoms with Crippen molar-refractivity contribution >= 4 is 22.5 Å². The predicted molar refractivity (Wildman–Crippen MR) is 84.6 cm³/mol. The molecule has 0 aliphatic carbocycles. The van der Waals surface area contributed by atoms with Crippen LogP contribution < -0.4 is 5.73 Å². The number of hydrogen-bond donors (Lipinski definition) is 1. The molecule has 0 atom stereocenters. The summed E-state index contributed by atoms with van der Waals surface area (Å²) in [5.41, 5.74) is 11.3. The highest BCUT2D eigenvalue weighted by molar-refractivity contribution is 6.17. The Labute approximate surface area is 123 Å². The maximum Gasteiger partial charge on any atom is 0.0708 e. The molecule has 2 aromatic carbocycles. The van der Waals surface area contributed by atoms with Gasteiger partial charge in [-0.3, -0.25) is 4.98 Å². The minimum atomic E-state index is 0.490. The number of alkyl halides is 1. The molecule has 0 saturated carbocycles. The van der Waals surface area contributed by atoms with Gasteiger partial charge in [-0.05, 0) is 46.5 Å². The molecule has 3 heteroatoms. The van der Waals surface area contributed by atoms with E-state index in [-0.39, 0.29) is 0 Å². The second-order valence-corrected chi connectivity index (χ2v) is 5.02. The molecule has 0 aliphatic heterocycles. The summed E-state index contributed by atoms with van der Waals surface area (Å²) < 4.78 is 0. The van der Waals surface area contributed by atoms with E-state index in [0.717, 1.165) is 33.2 Å². The fraction of sp³-hybridized carbons (Fsp3) is 0.118. The van der Waals surface area contributed by atoms with Crippen LogP contribution in [0.25, 0.3) is 22.0 Å². The van der Waals surface area contributed by atoms with Crippen LogP contribution in [0.3, 0.4) is 0 Å². The zero-order valence-corrected chi connectivity index (χ0v) is 11.8. The summed E-state index contributed by atoms with van der Waals surface area (Å²) in [4.78, 5) is 4.40. The van der Waals surface area contributed by atoms with Crippen LogP contribution in [-0.2, 0) is 12.4 Å². The van der Waals surface area contributed by atoms with Crippen molar-refractivity contribution in [3.63, 3.8) is 0 Å². The average Bonchev–Trinajstić information content (AvgIpc) is 2.53. The minimum Gasteiger partial charge on any atom is -0.326 e. The summed E-state index contributed by atoms with van der Waals surface area (Å²) in [5, 5.41) is 1.14. The van der Waals surface area contributed by atoms with E-state index in [4.69, 9.17) is 17.3 Å². The molecule has 0 amide bonds. The Morgan fingerprint density at radius 1 is 1.00 bits per heavy atom. The van der Waals surface area contributed by atoms with Crippen molar-refractivity contribution in [2.24, 2.45) is 5.73 Å². The van der Waals surface area contributed by atoms with Gasteiger partial charge in [0.2, 0.25) is 0 Å². The molecule has 2 N–H and O–H groups in total. The van der Waals surface area contributed by atoms with Gasteiger partial charge >= 0.3 is 0 Å². The van der Waals surface area contributed by atoms with Gasteiger partial charge in [0.15, 0.2) is 0 Å². The van der Waals surface area contributed by atoms with E-state index in [2.05, 4.69) is 35.3 Å². The van der Waals surface area contributed by atoms with Crippen LogP contribution in [0.2, 0.25) is 0 Å². The number of hydrogen-bond acceptors (Lipinski definition) is 2. The lowest BCUT2D eigenvalue weighted by Crippen LogP contribution is -1.98. The Balaban J connectivity index is 2.25. The van der Waals surface area contributed by atoms with E-state index in [1.165, 1.54) is 0 Å². The van der Waals surface area contributed by atoms with Gasteiger partial charge in [0.1, 0.15) is 0 Å². The molecule has 20 heavy (non-hydrogen) atoms. The third kappa shape index (κ3) is 2.40. The second kappa shape index (κ2) is 5.61. The predicted octanol–water partition coefficient (Wildman–Crippen LogP) is 4.10. The second-order valence-electron chi connectivity index (χ2n) is 4.75. The Morgan fingerprint density at radius 2 is 1.85 bits per heavy atom. The number of fused-ring (bicyclic) bond motifs is 1. The molecule has 1 aromatic heterocycles. The molecule has 0 aliphatic rings. The molecule has 0 fully saturated rings. The third-order valence-electron chi connectivity index (χ3n) is 3.40. The molecule has 0 radical (unpaired) electrons. The van der Waals surface area contributed by atoms with Crippen LogP contribution >= 0.6 is 11.6 Å². The number of benzene rings is 2. The standard InChI is InChI=1S/C17H15ClN2/c18-10-12-7-13(11-19)9-14(8-12)15-3-1-5-17-16(15)4-2-6-20-17/h1-9H,10-11,19H2. The number of nitrogens with two attached hydrogens (primary N) is 1. The van der Waals surface area contributed by atoms with Crippen molar-refractivity contribution in [3.05, 3.63) is 65.9 Å². The molecule has 0 bridgehead atoms. The molecule has 100 valence electrons. The van der Waals surface area contributed by atoms with E-state index in [0.29, 0.717) is 12.4 Å². The number of nitrogens with zero attached hydrogens (tertiary/aromatic N) is 1. The van der Waals surface area contributed by atoms with Gasteiger partial charge in [0.25, 0.3) is 0 Å². The largest absolute Gasteiger partial charge is 0.326 e. The van der Waals surface area contributed by atoms with Crippen LogP contribution in [0.15, 0.2) is 54.7 Å². The molecule has 1 heterocycles. The van der Waals surface area contributed by atoms with E-state index in [1.54, 1.807) is 0 Å². The topological polar surface area (TPSA) is 38.9 Å². The molecule has 3 aromatic rings. The Kier molecular flexibility index (Phi) is 3.68. The first kappa shape index (κ1) is 13.1. The Morgan fingerprint density at radius 3 is 2.65 bits per heavy atom. The zero-order valence-electron chi connectivity index (χ0n) is 11.0. The van der Waals surface area contributed by atoms with E-state index in [1.807, 2.05) is 24.4 Å². The summed E-state index contributed by atoms with van der Waals surface area (Å²) in [6, 6.07) is 16.5. The highest BCUT2D eigenvalue weighted by Gasteiger charge is 2.06. The molecule has 0 saturated heterocycles. The van der Waals surface area contributed by atoms with Crippen LogP contribution in [0.5, 0.6) is 0 Å². The van der Waals surface area contributed by atoms with Gasteiger partial charge in [0, 0.05) is 24.0 Å². The lowest BCUT2D eigenvalue weighted by Gasteiger charge is -2.10. The van der Waals surface area contributed by atoms with Gasteiger partial charge < -0.3 is 5.73 Å². The van der Waals surface area contributed by atoms with Gasteiger partial charge in [-0.2, -0.15) is 0 Å². The van der Waals surface area contributed by atoms with Crippen molar-refractivity contribution in [3.8, 4) is 11.1 Å². The summed E-state index contributed by atoms with van der Waals surface area (Å²) in [5.74, 6) is 0.490. The van der Waals surface area contributed by atoms with Gasteiger partial charge in [-0.15, -0.1) is 11.6 Å². The quantitative estimate of drug-likeness (QED) is 0.735. The van der Waals surface area contributed by atoms with Crippen molar-refractivity contribution in [1.82, 2.24) is 4.98 Å². The molecule has 0 unspecified atom stereocenters. The van der Waals surface area contributed by atoms with Crippen molar-refractivity contribution in [1.29, 1.82) is 0 Å². The zero-order chi connectivity index (χ0) is 13.9. The highest BCUT2D eigenvalue weighted by Crippen LogP contribution is 2.29. The van der Waals surface area contributed by atoms with E-state index >= 15 is 0 Å². The monoisotopic (exact) mass is 282 g/mol. The van der Waals surface area contributed by atoms with Gasteiger partial charge in [-0.1, -0.05) is 24.3 Å². The van der Waals surface area contributed by atoms with E-state index in [9.17, 15) is 0 Å². The summed E-state index contributed by atoms with van der Waals surface area (Å²) in [6.45, 7) is 0.515. The van der Waals surface area contributed by atoms with Crippen LogP contribution in [0.4, 0.5) is 0 Å². The van der Waals surface area contributed by atoms with Gasteiger partial charge in [0.05, 0.1) is 5.52 Å². The average molecular weight is 283 g/mol. The highest BCUT2D eigenvalue weighted by atomic mass is 35.5.